The van der Waals surface area contributed by atoms with E-state index < -0.39 is 0 Å². The maximum Gasteiger partial charge on any atom is 0.252 e. The van der Waals surface area contributed by atoms with E-state index in [1.807, 2.05) is 11.4 Å². The van der Waals surface area contributed by atoms with Gasteiger partial charge in [0.25, 0.3) is 5.91 Å². The minimum Gasteiger partial charge on any atom is -0.345 e. The molecule has 2 heterocycles. The summed E-state index contributed by atoms with van der Waals surface area (Å²) in [5.74, 6) is 0.554. The normalized spacial score (nSPS) is 10.2. The largest absolute Gasteiger partial charge is 0.345 e. The van der Waals surface area contributed by atoms with Gasteiger partial charge in [-0.2, -0.15) is 5.10 Å². The van der Waals surface area contributed by atoms with Crippen molar-refractivity contribution < 1.29 is 4.79 Å². The van der Waals surface area contributed by atoms with E-state index in [-0.39, 0.29) is 5.91 Å². The lowest BCUT2D eigenvalue weighted by Gasteiger charge is -1.99. The lowest BCUT2D eigenvalue weighted by molar-refractivity contribution is 0.0950. The average molecular weight is 334 g/mol. The first-order chi connectivity index (χ1) is 7.25. The molecule has 0 radical (unpaired) electrons. The van der Waals surface area contributed by atoms with E-state index in [1.165, 1.54) is 6.33 Å². The summed E-state index contributed by atoms with van der Waals surface area (Å²) in [5.41, 5.74) is 0.684. The van der Waals surface area contributed by atoms with Crippen LogP contribution in [0.25, 0.3) is 0 Å². The average Bonchev–Trinajstić information content (AvgIpc) is 2.84. The molecule has 2 aromatic heterocycles. The lowest BCUT2D eigenvalue weighted by Crippen LogP contribution is -2.22. The van der Waals surface area contributed by atoms with Gasteiger partial charge in [-0.15, -0.1) is 11.3 Å². The monoisotopic (exact) mass is 334 g/mol. The number of H-pyrrole nitrogens is 1. The van der Waals surface area contributed by atoms with Gasteiger partial charge in [-0.25, -0.2) is 4.98 Å². The Morgan fingerprint density at radius 3 is 3.13 bits per heavy atom. The van der Waals surface area contributed by atoms with Crippen LogP contribution in [0.15, 0.2) is 17.8 Å². The van der Waals surface area contributed by atoms with E-state index in [0.717, 1.165) is 2.88 Å². The Balaban J connectivity index is 1.93. The number of hydrogen-bond acceptors (Lipinski definition) is 4. The van der Waals surface area contributed by atoms with Crippen molar-refractivity contribution in [3.8, 4) is 0 Å². The number of carbonyl (C=O) groups excluding carboxylic acids is 1. The first-order valence-electron chi connectivity index (χ1n) is 4.12. The van der Waals surface area contributed by atoms with Crippen LogP contribution < -0.4 is 5.32 Å². The molecule has 1 amide bonds. The Morgan fingerprint density at radius 2 is 2.53 bits per heavy atom. The number of nitrogens with one attached hydrogen (secondary N) is 2. The van der Waals surface area contributed by atoms with Gasteiger partial charge in [0.05, 0.1) is 15.0 Å². The number of aromatic amines is 1. The Labute approximate surface area is 103 Å². The minimum absolute atomic E-state index is 0.0921. The van der Waals surface area contributed by atoms with E-state index in [4.69, 9.17) is 0 Å². The third kappa shape index (κ3) is 2.75. The molecule has 7 heteroatoms. The molecule has 0 atom stereocenters. The van der Waals surface area contributed by atoms with Gasteiger partial charge in [0, 0.05) is 5.38 Å². The molecule has 0 fully saturated rings. The van der Waals surface area contributed by atoms with Gasteiger partial charge in [-0.05, 0) is 28.7 Å². The summed E-state index contributed by atoms with van der Waals surface area (Å²) in [7, 11) is 0. The molecule has 15 heavy (non-hydrogen) atoms. The summed E-state index contributed by atoms with van der Waals surface area (Å²) < 4.78 is 1.09. The molecule has 0 aromatic carbocycles. The zero-order chi connectivity index (χ0) is 10.7. The van der Waals surface area contributed by atoms with Crippen molar-refractivity contribution in [2.45, 2.75) is 6.54 Å². The second kappa shape index (κ2) is 4.71. The van der Waals surface area contributed by atoms with Crippen molar-refractivity contribution >= 4 is 39.8 Å². The first kappa shape index (κ1) is 10.6. The van der Waals surface area contributed by atoms with E-state index in [2.05, 4.69) is 43.1 Å². The molecule has 2 rings (SSSR count). The summed E-state index contributed by atoms with van der Waals surface area (Å²) in [6.07, 6.45) is 1.41. The maximum atomic E-state index is 11.6. The number of amides is 1. The number of aromatic nitrogens is 3. The number of hydrogen-bond donors (Lipinski definition) is 2. The van der Waals surface area contributed by atoms with Crippen LogP contribution in [0, 0.1) is 2.88 Å². The van der Waals surface area contributed by atoms with Crippen LogP contribution in [-0.4, -0.2) is 21.1 Å². The molecule has 0 spiro atoms. The predicted molar refractivity (Wildman–Crippen MR) is 64.6 cm³/mol. The zero-order valence-electron chi connectivity index (χ0n) is 7.53. The molecule has 0 unspecified atom stereocenters. The molecule has 2 aromatic rings. The van der Waals surface area contributed by atoms with E-state index in [0.29, 0.717) is 17.9 Å². The van der Waals surface area contributed by atoms with Crippen LogP contribution >= 0.6 is 33.9 Å². The summed E-state index contributed by atoms with van der Waals surface area (Å²) in [4.78, 5) is 15.5. The van der Waals surface area contributed by atoms with Crippen molar-refractivity contribution in [2.75, 3.05) is 0 Å². The van der Waals surface area contributed by atoms with Crippen molar-refractivity contribution in [3.63, 3.8) is 0 Å². The lowest BCUT2D eigenvalue weighted by atomic mass is 10.3. The maximum absolute atomic E-state index is 11.6. The topological polar surface area (TPSA) is 70.7 Å². The quantitative estimate of drug-likeness (QED) is 0.834. The van der Waals surface area contributed by atoms with E-state index in [1.54, 1.807) is 11.3 Å². The van der Waals surface area contributed by atoms with Gasteiger partial charge >= 0.3 is 0 Å². The molecule has 2 N–H and O–H groups in total. The molecule has 0 saturated heterocycles. The zero-order valence-corrected chi connectivity index (χ0v) is 10.5. The molecule has 0 saturated carbocycles. The molecule has 5 nitrogen and oxygen atoms in total. The first-order valence-corrected chi connectivity index (χ1v) is 6.08. The summed E-state index contributed by atoms with van der Waals surface area (Å²) >= 11 is 3.73. The van der Waals surface area contributed by atoms with Gasteiger partial charge in [-0.1, -0.05) is 0 Å². The number of rotatable bonds is 3. The molecule has 0 aliphatic carbocycles. The van der Waals surface area contributed by atoms with Gasteiger partial charge in [0.15, 0.2) is 0 Å². The third-order valence-electron chi connectivity index (χ3n) is 1.71. The highest BCUT2D eigenvalue weighted by Gasteiger charge is 2.07. The standard InChI is InChI=1S/C8H7IN4OS/c9-6-1-5(3-15-6)8(14)10-2-7-11-4-12-13-7/h1,3-4H,2H2,(H,10,14)(H,11,12,13). The second-order valence-electron chi connectivity index (χ2n) is 2.75. The van der Waals surface area contributed by atoms with Crippen LogP contribution in [0.4, 0.5) is 0 Å². The molecule has 78 valence electrons. The van der Waals surface area contributed by atoms with Crippen LogP contribution in [0.5, 0.6) is 0 Å². The fraction of sp³-hybridized carbons (Fsp3) is 0.125. The summed E-state index contributed by atoms with van der Waals surface area (Å²) in [5, 5.41) is 10.9. The van der Waals surface area contributed by atoms with Gasteiger partial charge in [0.2, 0.25) is 0 Å². The smallest absolute Gasteiger partial charge is 0.252 e. The van der Waals surface area contributed by atoms with Crippen molar-refractivity contribution in [2.24, 2.45) is 0 Å². The van der Waals surface area contributed by atoms with Crippen LogP contribution in [-0.2, 0) is 6.54 Å². The molecule has 0 aliphatic heterocycles. The molecular formula is C8H7IN4OS. The van der Waals surface area contributed by atoms with Crippen LogP contribution in [0.1, 0.15) is 16.2 Å². The third-order valence-corrected chi connectivity index (χ3v) is 3.50. The molecule has 0 aliphatic rings. The summed E-state index contributed by atoms with van der Waals surface area (Å²) in [6, 6.07) is 1.85. The highest BCUT2D eigenvalue weighted by Crippen LogP contribution is 2.16. The Hall–Kier alpha value is -0.960. The molecular weight excluding hydrogens is 327 g/mol. The van der Waals surface area contributed by atoms with E-state index in [9.17, 15) is 4.79 Å². The fourth-order valence-electron chi connectivity index (χ4n) is 1.01. The van der Waals surface area contributed by atoms with Crippen LogP contribution in [0.3, 0.4) is 0 Å². The molecule has 0 bridgehead atoms. The Kier molecular flexibility index (Phi) is 3.31. The highest BCUT2D eigenvalue weighted by molar-refractivity contribution is 14.1. The van der Waals surface area contributed by atoms with E-state index >= 15 is 0 Å². The van der Waals surface area contributed by atoms with Crippen LogP contribution in [0.2, 0.25) is 0 Å². The van der Waals surface area contributed by atoms with Crippen molar-refractivity contribution in [1.29, 1.82) is 0 Å². The predicted octanol–water partition coefficient (Wildman–Crippen LogP) is 1.40. The number of thiophene rings is 1. The SMILES string of the molecule is O=C(NCc1ncn[nH]1)c1csc(I)c1. The second-order valence-corrected chi connectivity index (χ2v) is 5.56. The Morgan fingerprint density at radius 1 is 1.67 bits per heavy atom. The fourth-order valence-corrected chi connectivity index (χ4v) is 2.34. The summed E-state index contributed by atoms with van der Waals surface area (Å²) in [6.45, 7) is 0.366. The van der Waals surface area contributed by atoms with Crippen molar-refractivity contribution in [1.82, 2.24) is 20.5 Å². The number of halogens is 1. The van der Waals surface area contributed by atoms with Gasteiger partial charge in [-0.3, -0.25) is 9.89 Å². The van der Waals surface area contributed by atoms with Gasteiger partial charge in [0.1, 0.15) is 12.2 Å². The highest BCUT2D eigenvalue weighted by atomic mass is 127. The Bertz CT molecular complexity index is 453. The number of carbonyl (C=O) groups is 1. The van der Waals surface area contributed by atoms with Crippen molar-refractivity contribution in [3.05, 3.63) is 32.0 Å². The van der Waals surface area contributed by atoms with Gasteiger partial charge < -0.3 is 5.32 Å². The number of nitrogens with zero attached hydrogens (tertiary/aromatic N) is 2. The minimum atomic E-state index is -0.0921.